The maximum Gasteiger partial charge on any atom is 0.363 e. The highest BCUT2D eigenvalue weighted by Crippen LogP contribution is 2.30. The number of aromatic nitrogens is 1. The van der Waals surface area contributed by atoms with Crippen molar-refractivity contribution in [2.45, 2.75) is 13.8 Å². The third-order valence-corrected chi connectivity index (χ3v) is 4.88. The van der Waals surface area contributed by atoms with E-state index in [0.717, 1.165) is 16.0 Å². The average Bonchev–Trinajstić information content (AvgIpc) is 3.29. The van der Waals surface area contributed by atoms with Crippen LogP contribution in [0.15, 0.2) is 57.0 Å². The van der Waals surface area contributed by atoms with Crippen LogP contribution in [0.4, 0.5) is 0 Å². The summed E-state index contributed by atoms with van der Waals surface area (Å²) in [6.07, 6.45) is 1.75. The van der Waals surface area contributed by atoms with Gasteiger partial charge in [-0.1, -0.05) is 35.5 Å². The largest absolute Gasteiger partial charge is 0.402 e. The number of ether oxygens (including phenoxy) is 1. The maximum absolute atomic E-state index is 12.2. The molecule has 3 aromatic rings. The molecule has 1 aliphatic heterocycles. The first-order valence-electron chi connectivity index (χ1n) is 7.72. The van der Waals surface area contributed by atoms with Crippen LogP contribution in [0, 0.1) is 13.8 Å². The quantitative estimate of drug-likeness (QED) is 0.520. The molecule has 0 amide bonds. The number of nitrogens with zero attached hydrogens (tertiary/aromatic N) is 2. The molecule has 6 heteroatoms. The highest BCUT2D eigenvalue weighted by atomic mass is 32.1. The number of esters is 1. The number of aryl methyl sites for hydroxylation is 2. The van der Waals surface area contributed by atoms with Gasteiger partial charge in [-0.2, -0.15) is 0 Å². The molecule has 0 unspecified atom stereocenters. The van der Waals surface area contributed by atoms with Gasteiger partial charge >= 0.3 is 5.97 Å². The van der Waals surface area contributed by atoms with Crippen LogP contribution in [0.25, 0.3) is 17.3 Å². The number of carbonyl (C=O) groups excluding carboxylic acids is 1. The van der Waals surface area contributed by atoms with Crippen LogP contribution in [-0.4, -0.2) is 17.0 Å². The third-order valence-electron chi connectivity index (χ3n) is 3.91. The van der Waals surface area contributed by atoms with Gasteiger partial charge in [0.1, 0.15) is 17.0 Å². The Balaban J connectivity index is 1.78. The molecule has 1 aliphatic rings. The Morgan fingerprint density at radius 1 is 1.12 bits per heavy atom. The second-order valence-corrected chi connectivity index (χ2v) is 6.58. The summed E-state index contributed by atoms with van der Waals surface area (Å²) < 4.78 is 10.7. The molecular weight excluding hydrogens is 336 g/mol. The van der Waals surface area contributed by atoms with Gasteiger partial charge in [-0.3, -0.25) is 0 Å². The van der Waals surface area contributed by atoms with Gasteiger partial charge in [0, 0.05) is 10.4 Å². The maximum atomic E-state index is 12.2. The molecule has 3 heterocycles. The lowest BCUT2D eigenvalue weighted by Gasteiger charge is -2.01. The van der Waals surface area contributed by atoms with E-state index < -0.39 is 5.97 Å². The lowest BCUT2D eigenvalue weighted by atomic mass is 10.1. The second-order valence-electron chi connectivity index (χ2n) is 5.63. The third kappa shape index (κ3) is 2.81. The van der Waals surface area contributed by atoms with Crippen molar-refractivity contribution in [3.8, 4) is 11.3 Å². The number of carbonyl (C=O) groups is 1. The van der Waals surface area contributed by atoms with E-state index in [1.807, 2.05) is 48.7 Å². The highest BCUT2D eigenvalue weighted by Gasteiger charge is 2.30. The molecule has 1 aromatic carbocycles. The minimum atomic E-state index is -0.470. The Kier molecular flexibility index (Phi) is 3.82. The fourth-order valence-corrected chi connectivity index (χ4v) is 3.44. The minimum absolute atomic E-state index is 0.225. The van der Waals surface area contributed by atoms with Crippen molar-refractivity contribution in [3.63, 3.8) is 0 Å². The number of aliphatic imine (C=N–C) groups is 1. The summed E-state index contributed by atoms with van der Waals surface area (Å²) in [6, 6.07) is 11.6. The summed E-state index contributed by atoms with van der Waals surface area (Å²) >= 11 is 1.56. The van der Waals surface area contributed by atoms with Gasteiger partial charge in [0.05, 0.1) is 0 Å². The molecule has 0 bridgehead atoms. The zero-order chi connectivity index (χ0) is 17.4. The predicted molar refractivity (Wildman–Crippen MR) is 96.3 cm³/mol. The number of benzene rings is 1. The van der Waals surface area contributed by atoms with Gasteiger partial charge in [-0.15, -0.1) is 11.3 Å². The first-order valence-corrected chi connectivity index (χ1v) is 8.60. The van der Waals surface area contributed by atoms with Crippen molar-refractivity contribution < 1.29 is 14.1 Å². The van der Waals surface area contributed by atoms with Gasteiger partial charge in [-0.05, 0) is 36.9 Å². The molecule has 0 N–H and O–H groups in total. The lowest BCUT2D eigenvalue weighted by Crippen LogP contribution is -2.07. The summed E-state index contributed by atoms with van der Waals surface area (Å²) in [6.45, 7) is 3.77. The van der Waals surface area contributed by atoms with E-state index in [1.165, 1.54) is 0 Å². The summed E-state index contributed by atoms with van der Waals surface area (Å²) in [4.78, 5) is 17.6. The van der Waals surface area contributed by atoms with E-state index in [4.69, 9.17) is 9.26 Å². The Hall–Kier alpha value is -2.99. The molecule has 124 valence electrons. The molecule has 0 saturated carbocycles. The van der Waals surface area contributed by atoms with Crippen molar-refractivity contribution in [2.75, 3.05) is 0 Å². The summed E-state index contributed by atoms with van der Waals surface area (Å²) in [5, 5.41) is 6.08. The molecule has 0 spiro atoms. The molecule has 5 nitrogen and oxygen atoms in total. The SMILES string of the molecule is Cc1ccsc1C=C1N=C(c2c(-c3ccccc3)noc2C)OC1=O. The Morgan fingerprint density at radius 3 is 2.64 bits per heavy atom. The standard InChI is InChI=1S/C19H14N2O3S/c1-11-8-9-25-15(11)10-14-19(22)23-18(20-14)16-12(2)24-21-17(16)13-6-4-3-5-7-13/h3-10H,1-2H3. The van der Waals surface area contributed by atoms with E-state index in [9.17, 15) is 4.79 Å². The summed E-state index contributed by atoms with van der Waals surface area (Å²) in [5.41, 5.74) is 3.46. The Bertz CT molecular complexity index is 1010. The number of hydrogen-bond acceptors (Lipinski definition) is 6. The molecule has 0 radical (unpaired) electrons. The highest BCUT2D eigenvalue weighted by molar-refractivity contribution is 7.11. The second kappa shape index (κ2) is 6.14. The van der Waals surface area contributed by atoms with Crippen molar-refractivity contribution in [1.82, 2.24) is 5.16 Å². The van der Waals surface area contributed by atoms with E-state index >= 15 is 0 Å². The van der Waals surface area contributed by atoms with Gasteiger partial charge < -0.3 is 9.26 Å². The van der Waals surface area contributed by atoms with Crippen LogP contribution < -0.4 is 0 Å². The van der Waals surface area contributed by atoms with E-state index in [1.54, 1.807) is 24.3 Å². The zero-order valence-electron chi connectivity index (χ0n) is 13.6. The molecule has 0 saturated heterocycles. The van der Waals surface area contributed by atoms with Gasteiger partial charge in [0.25, 0.3) is 0 Å². The van der Waals surface area contributed by atoms with Crippen LogP contribution in [0.5, 0.6) is 0 Å². The summed E-state index contributed by atoms with van der Waals surface area (Å²) in [7, 11) is 0. The average molecular weight is 350 g/mol. The van der Waals surface area contributed by atoms with Crippen LogP contribution in [-0.2, 0) is 9.53 Å². The molecule has 0 fully saturated rings. The first kappa shape index (κ1) is 15.5. The molecule has 25 heavy (non-hydrogen) atoms. The van der Waals surface area contributed by atoms with E-state index in [-0.39, 0.29) is 11.6 Å². The molecule has 4 rings (SSSR count). The first-order chi connectivity index (χ1) is 12.1. The lowest BCUT2D eigenvalue weighted by molar-refractivity contribution is -0.129. The molecule has 0 atom stereocenters. The van der Waals surface area contributed by atoms with Crippen molar-refractivity contribution in [3.05, 3.63) is 69.2 Å². The van der Waals surface area contributed by atoms with Crippen LogP contribution >= 0.6 is 11.3 Å². The molecular formula is C19H14N2O3S. The number of thiophene rings is 1. The minimum Gasteiger partial charge on any atom is -0.402 e. The number of hydrogen-bond donors (Lipinski definition) is 0. The van der Waals surface area contributed by atoms with Crippen LogP contribution in [0.2, 0.25) is 0 Å². The fourth-order valence-electron chi connectivity index (χ4n) is 2.59. The Morgan fingerprint density at radius 2 is 1.92 bits per heavy atom. The normalized spacial score (nSPS) is 15.5. The van der Waals surface area contributed by atoms with E-state index in [0.29, 0.717) is 17.0 Å². The zero-order valence-corrected chi connectivity index (χ0v) is 14.5. The van der Waals surface area contributed by atoms with Crippen LogP contribution in [0.1, 0.15) is 21.8 Å². The van der Waals surface area contributed by atoms with Gasteiger partial charge in [0.15, 0.2) is 5.70 Å². The Labute approximate surface area is 148 Å². The van der Waals surface area contributed by atoms with Crippen molar-refractivity contribution >= 4 is 29.3 Å². The van der Waals surface area contributed by atoms with E-state index in [2.05, 4.69) is 10.1 Å². The molecule has 0 aliphatic carbocycles. The topological polar surface area (TPSA) is 64.7 Å². The summed E-state index contributed by atoms with van der Waals surface area (Å²) in [5.74, 6) is 0.310. The predicted octanol–water partition coefficient (Wildman–Crippen LogP) is 4.36. The van der Waals surface area contributed by atoms with Crippen molar-refractivity contribution in [2.24, 2.45) is 4.99 Å². The van der Waals surface area contributed by atoms with Crippen LogP contribution in [0.3, 0.4) is 0 Å². The number of cyclic esters (lactones) is 1. The monoisotopic (exact) mass is 350 g/mol. The number of rotatable bonds is 3. The van der Waals surface area contributed by atoms with Crippen molar-refractivity contribution in [1.29, 1.82) is 0 Å². The molecule has 2 aromatic heterocycles. The smallest absolute Gasteiger partial charge is 0.363 e. The van der Waals surface area contributed by atoms with Gasteiger partial charge in [0.2, 0.25) is 5.90 Å². The fraction of sp³-hybridized carbons (Fsp3) is 0.105. The van der Waals surface area contributed by atoms with Gasteiger partial charge in [-0.25, -0.2) is 9.79 Å².